The minimum absolute atomic E-state index is 0.112. The molecule has 96 valence electrons. The molecular weight excluding hydrogens is 256 g/mol. The van der Waals surface area contributed by atoms with Gasteiger partial charge in [-0.25, -0.2) is 19.2 Å². The van der Waals surface area contributed by atoms with E-state index in [1.165, 1.54) is 6.92 Å². The van der Waals surface area contributed by atoms with Crippen molar-refractivity contribution in [1.82, 2.24) is 0 Å². The third kappa shape index (κ3) is 1.36. The number of aliphatic hydroxyl groups is 1. The first-order valence-corrected chi connectivity index (χ1v) is 5.33. The Balaban J connectivity index is 2.83. The predicted molar refractivity (Wildman–Crippen MR) is 64.1 cm³/mol. The molecule has 0 aliphatic carbocycles. The van der Waals surface area contributed by atoms with Crippen LogP contribution in [0.25, 0.3) is 21.5 Å². The molecule has 1 atom stereocenters. The summed E-state index contributed by atoms with van der Waals surface area (Å²) in [5, 5.41) is 9.05. The molecule has 2 heterocycles. The molecule has 7 heteroatoms. The monoisotopic (exact) mass is 262 g/mol. The van der Waals surface area contributed by atoms with Gasteiger partial charge in [-0.2, -0.15) is 0 Å². The van der Waals surface area contributed by atoms with Crippen molar-refractivity contribution in [3.8, 4) is 0 Å². The molecule has 2 aromatic heterocycles. The molecule has 1 N–H and O–H groups in total. The number of benzene rings is 1. The van der Waals surface area contributed by atoms with Gasteiger partial charge in [-0.3, -0.25) is 0 Å². The maximum Gasteiger partial charge on any atom is 0.347 e. The molecule has 19 heavy (non-hydrogen) atoms. The highest BCUT2D eigenvalue weighted by atomic mass is 16.4. The number of rotatable bonds is 1. The van der Waals surface area contributed by atoms with Gasteiger partial charge in [0.15, 0.2) is 0 Å². The quantitative estimate of drug-likeness (QED) is 0.631. The average molecular weight is 262 g/mol. The molecule has 0 saturated carbocycles. The minimum Gasteiger partial charge on any atom is -0.389 e. The van der Waals surface area contributed by atoms with Gasteiger partial charge in [0, 0.05) is 5.56 Å². The Bertz CT molecular complexity index is 932. The van der Waals surface area contributed by atoms with Crippen molar-refractivity contribution in [2.45, 2.75) is 13.0 Å². The van der Waals surface area contributed by atoms with E-state index in [0.717, 1.165) is 6.07 Å². The van der Waals surface area contributed by atoms with Crippen LogP contribution in [-0.2, 0) is 0 Å². The van der Waals surface area contributed by atoms with Crippen LogP contribution in [0.15, 0.2) is 34.1 Å². The third-order valence-electron chi connectivity index (χ3n) is 3.00. The zero-order valence-corrected chi connectivity index (χ0v) is 9.55. The molecule has 3 aromatic rings. The maximum atomic E-state index is 11.6. The normalized spacial score (nSPS) is 13.4. The summed E-state index contributed by atoms with van der Waals surface area (Å²) < 4.78 is 8.84. The standard InChI is InChI=1S/C12H6O7/c1-3(13)6-7-4(9(14)18-11(7)16)2-5-8(6)12(17)19-10(5)15/h2-3,13H,1H3. The lowest BCUT2D eigenvalue weighted by molar-refractivity contribution is 0.202. The molecule has 3 rings (SSSR count). The highest BCUT2D eigenvalue weighted by molar-refractivity contribution is 6.01. The first-order chi connectivity index (χ1) is 8.91. The highest BCUT2D eigenvalue weighted by Gasteiger charge is 2.24. The van der Waals surface area contributed by atoms with Gasteiger partial charge in [-0.15, -0.1) is 0 Å². The Labute approximate surface area is 103 Å². The first-order valence-electron chi connectivity index (χ1n) is 5.33. The fourth-order valence-corrected chi connectivity index (χ4v) is 2.26. The Morgan fingerprint density at radius 1 is 0.895 bits per heavy atom. The average Bonchev–Trinajstić information content (AvgIpc) is 2.77. The van der Waals surface area contributed by atoms with E-state index in [4.69, 9.17) is 0 Å². The zero-order chi connectivity index (χ0) is 13.9. The van der Waals surface area contributed by atoms with E-state index in [0.29, 0.717) is 0 Å². The summed E-state index contributed by atoms with van der Waals surface area (Å²) in [6.07, 6.45) is -1.24. The first kappa shape index (κ1) is 11.5. The van der Waals surface area contributed by atoms with Crippen LogP contribution >= 0.6 is 0 Å². The summed E-state index contributed by atoms with van der Waals surface area (Å²) >= 11 is 0. The number of fused-ring (bicyclic) bond motifs is 2. The van der Waals surface area contributed by atoms with Crippen molar-refractivity contribution in [2.24, 2.45) is 0 Å². The summed E-state index contributed by atoms with van der Waals surface area (Å²) in [7, 11) is 0. The van der Waals surface area contributed by atoms with Crippen LogP contribution < -0.4 is 22.5 Å². The van der Waals surface area contributed by atoms with Gasteiger partial charge in [0.25, 0.3) is 0 Å². The van der Waals surface area contributed by atoms with E-state index >= 15 is 0 Å². The summed E-state index contributed by atoms with van der Waals surface area (Å²) in [6.45, 7) is 1.31. The van der Waals surface area contributed by atoms with Gasteiger partial charge in [0.2, 0.25) is 0 Å². The molecule has 0 fully saturated rings. The minimum atomic E-state index is -1.24. The fraction of sp³-hybridized carbons (Fsp3) is 0.167. The molecule has 1 unspecified atom stereocenters. The lowest BCUT2D eigenvalue weighted by Crippen LogP contribution is -2.05. The van der Waals surface area contributed by atoms with Crippen LogP contribution in [0.4, 0.5) is 0 Å². The highest BCUT2D eigenvalue weighted by Crippen LogP contribution is 2.26. The van der Waals surface area contributed by atoms with E-state index in [-0.39, 0.29) is 27.1 Å². The van der Waals surface area contributed by atoms with Crippen LogP contribution in [0.5, 0.6) is 0 Å². The molecule has 0 amide bonds. The van der Waals surface area contributed by atoms with E-state index in [1.54, 1.807) is 0 Å². The Morgan fingerprint density at radius 3 is 1.68 bits per heavy atom. The fourth-order valence-electron chi connectivity index (χ4n) is 2.26. The van der Waals surface area contributed by atoms with Crippen LogP contribution in [0.1, 0.15) is 18.6 Å². The maximum absolute atomic E-state index is 11.6. The second-order valence-corrected chi connectivity index (χ2v) is 4.17. The van der Waals surface area contributed by atoms with E-state index < -0.39 is 28.6 Å². The van der Waals surface area contributed by atoms with Crippen molar-refractivity contribution >= 4 is 21.5 Å². The third-order valence-corrected chi connectivity index (χ3v) is 3.00. The molecular formula is C12H6O7. The largest absolute Gasteiger partial charge is 0.389 e. The van der Waals surface area contributed by atoms with Crippen LogP contribution in [0.3, 0.4) is 0 Å². The Hall–Kier alpha value is -2.54. The van der Waals surface area contributed by atoms with E-state index in [1.807, 2.05) is 0 Å². The van der Waals surface area contributed by atoms with E-state index in [2.05, 4.69) is 8.83 Å². The molecule has 0 bridgehead atoms. The van der Waals surface area contributed by atoms with Gasteiger partial charge in [0.05, 0.1) is 27.6 Å². The molecule has 7 nitrogen and oxygen atoms in total. The number of aliphatic hydroxyl groups excluding tert-OH is 1. The summed E-state index contributed by atoms with van der Waals surface area (Å²) in [5.41, 5.74) is -3.86. The van der Waals surface area contributed by atoms with Gasteiger partial charge >= 0.3 is 22.5 Å². The second-order valence-electron chi connectivity index (χ2n) is 4.17. The van der Waals surface area contributed by atoms with Gasteiger partial charge in [-0.1, -0.05) is 0 Å². The molecule has 0 spiro atoms. The van der Waals surface area contributed by atoms with Crippen LogP contribution in [0.2, 0.25) is 0 Å². The SMILES string of the molecule is CC(O)c1c2c(=O)oc(=O)c2cc2c(=O)oc(=O)c12. The van der Waals surface area contributed by atoms with Crippen molar-refractivity contribution in [3.63, 3.8) is 0 Å². The molecule has 0 radical (unpaired) electrons. The number of hydrogen-bond acceptors (Lipinski definition) is 7. The molecule has 0 aliphatic heterocycles. The van der Waals surface area contributed by atoms with Crippen molar-refractivity contribution in [1.29, 1.82) is 0 Å². The van der Waals surface area contributed by atoms with Crippen LogP contribution in [0, 0.1) is 0 Å². The Kier molecular flexibility index (Phi) is 2.12. The number of hydrogen-bond donors (Lipinski definition) is 1. The van der Waals surface area contributed by atoms with Gasteiger partial charge in [0.1, 0.15) is 0 Å². The second kappa shape index (κ2) is 3.48. The lowest BCUT2D eigenvalue weighted by atomic mass is 9.99. The number of furan rings is 2. The molecule has 0 aliphatic rings. The van der Waals surface area contributed by atoms with Crippen molar-refractivity contribution in [3.05, 3.63) is 53.3 Å². The lowest BCUT2D eigenvalue weighted by Gasteiger charge is -2.05. The summed E-state index contributed by atoms with van der Waals surface area (Å²) in [5.74, 6) is 0. The summed E-state index contributed by atoms with van der Waals surface area (Å²) in [4.78, 5) is 46.2. The van der Waals surface area contributed by atoms with Gasteiger partial charge in [-0.05, 0) is 13.0 Å². The molecule has 0 saturated heterocycles. The molecule has 1 aromatic carbocycles. The van der Waals surface area contributed by atoms with Gasteiger partial charge < -0.3 is 13.9 Å². The zero-order valence-electron chi connectivity index (χ0n) is 9.55. The predicted octanol–water partition coefficient (Wildman–Crippen LogP) is -0.451. The van der Waals surface area contributed by atoms with Crippen molar-refractivity contribution < 1.29 is 13.9 Å². The Morgan fingerprint density at radius 2 is 1.32 bits per heavy atom. The van der Waals surface area contributed by atoms with Crippen molar-refractivity contribution in [2.75, 3.05) is 0 Å². The van der Waals surface area contributed by atoms with E-state index in [9.17, 15) is 24.3 Å². The van der Waals surface area contributed by atoms with Crippen LogP contribution in [-0.4, -0.2) is 5.11 Å². The topological polar surface area (TPSA) is 115 Å². The summed E-state index contributed by atoms with van der Waals surface area (Å²) in [6, 6.07) is 1.08. The smallest absolute Gasteiger partial charge is 0.347 e.